The zero-order chi connectivity index (χ0) is 15.1. The number of hydrogen-bond donors (Lipinski definition) is 4. The summed E-state index contributed by atoms with van der Waals surface area (Å²) in [4.78, 5) is 22.8. The Balaban J connectivity index is 3.40. The van der Waals surface area contributed by atoms with E-state index in [1.807, 2.05) is 0 Å². The lowest BCUT2D eigenvalue weighted by Crippen LogP contribution is -2.40. The third-order valence-corrected chi connectivity index (χ3v) is 2.95. The zero-order valence-electron chi connectivity index (χ0n) is 12.2. The highest BCUT2D eigenvalue weighted by molar-refractivity contribution is 6.35. The van der Waals surface area contributed by atoms with Gasteiger partial charge in [0.2, 0.25) is 0 Å². The van der Waals surface area contributed by atoms with Crippen LogP contribution in [0.4, 0.5) is 0 Å². The van der Waals surface area contributed by atoms with Gasteiger partial charge >= 0.3 is 11.8 Å². The highest BCUT2D eigenvalue weighted by atomic mass is 16.3. The van der Waals surface area contributed by atoms with Crippen molar-refractivity contribution in [3.05, 3.63) is 0 Å². The minimum Gasteiger partial charge on any atom is -0.396 e. The molecule has 6 heteroatoms. The number of carbonyl (C=O) groups is 2. The molecule has 0 atom stereocenters. The van der Waals surface area contributed by atoms with Gasteiger partial charge in [-0.25, -0.2) is 0 Å². The van der Waals surface area contributed by atoms with Crippen molar-refractivity contribution in [3.8, 4) is 0 Å². The first-order valence-corrected chi connectivity index (χ1v) is 7.50. The van der Waals surface area contributed by atoms with E-state index >= 15 is 0 Å². The van der Waals surface area contributed by atoms with Crippen molar-refractivity contribution in [1.82, 2.24) is 10.6 Å². The Hall–Kier alpha value is -1.14. The van der Waals surface area contributed by atoms with Crippen LogP contribution in [0, 0.1) is 0 Å². The van der Waals surface area contributed by atoms with Crippen LogP contribution in [0.3, 0.4) is 0 Å². The molecule has 0 saturated carbocycles. The van der Waals surface area contributed by atoms with E-state index in [-0.39, 0.29) is 13.2 Å². The summed E-state index contributed by atoms with van der Waals surface area (Å²) in [7, 11) is 0. The van der Waals surface area contributed by atoms with Crippen LogP contribution in [0.5, 0.6) is 0 Å². The van der Waals surface area contributed by atoms with Gasteiger partial charge in [-0.15, -0.1) is 0 Å². The number of carbonyl (C=O) groups excluding carboxylic acids is 2. The maximum atomic E-state index is 11.4. The predicted molar refractivity (Wildman–Crippen MR) is 77.1 cm³/mol. The van der Waals surface area contributed by atoms with E-state index in [2.05, 4.69) is 10.6 Å². The Morgan fingerprint density at radius 2 is 0.950 bits per heavy atom. The normalized spacial score (nSPS) is 10.3. The van der Waals surface area contributed by atoms with Gasteiger partial charge in [-0.1, -0.05) is 25.7 Å². The monoisotopic (exact) mass is 288 g/mol. The number of amides is 2. The fraction of sp³-hybridized carbons (Fsp3) is 0.857. The largest absolute Gasteiger partial charge is 0.396 e. The number of rotatable bonds is 12. The topological polar surface area (TPSA) is 98.7 Å². The minimum absolute atomic E-state index is 0.201. The summed E-state index contributed by atoms with van der Waals surface area (Å²) in [6.07, 6.45) is 6.95. The van der Waals surface area contributed by atoms with Gasteiger partial charge in [-0.05, 0) is 25.7 Å². The summed E-state index contributed by atoms with van der Waals surface area (Å²) >= 11 is 0. The summed E-state index contributed by atoms with van der Waals surface area (Å²) in [6, 6.07) is 0. The van der Waals surface area contributed by atoms with Crippen molar-refractivity contribution in [2.75, 3.05) is 26.3 Å². The van der Waals surface area contributed by atoms with Crippen molar-refractivity contribution < 1.29 is 19.8 Å². The molecule has 2 amide bonds. The lowest BCUT2D eigenvalue weighted by atomic mass is 10.2. The van der Waals surface area contributed by atoms with Crippen LogP contribution in [0.25, 0.3) is 0 Å². The Morgan fingerprint density at radius 3 is 1.30 bits per heavy atom. The van der Waals surface area contributed by atoms with Gasteiger partial charge in [0.1, 0.15) is 0 Å². The van der Waals surface area contributed by atoms with Gasteiger partial charge in [-0.2, -0.15) is 0 Å². The lowest BCUT2D eigenvalue weighted by molar-refractivity contribution is -0.139. The van der Waals surface area contributed by atoms with Crippen LogP contribution in [0.1, 0.15) is 51.4 Å². The van der Waals surface area contributed by atoms with Crippen molar-refractivity contribution in [1.29, 1.82) is 0 Å². The molecule has 4 N–H and O–H groups in total. The standard InChI is InChI=1S/C14H28N2O4/c17-11-7-3-1-5-9-15-13(19)14(20)16-10-6-2-4-8-12-18/h17-18H,1-12H2,(H,15,19)(H,16,20). The Bertz CT molecular complexity index is 234. The molecule has 0 heterocycles. The third kappa shape index (κ3) is 11.9. The first kappa shape index (κ1) is 18.9. The van der Waals surface area contributed by atoms with E-state index in [0.29, 0.717) is 13.1 Å². The first-order valence-electron chi connectivity index (χ1n) is 7.50. The average molecular weight is 288 g/mol. The fourth-order valence-electron chi connectivity index (χ4n) is 1.75. The summed E-state index contributed by atoms with van der Waals surface area (Å²) in [5.74, 6) is -1.16. The molecule has 0 saturated heterocycles. The highest BCUT2D eigenvalue weighted by Gasteiger charge is 2.11. The molecule has 0 unspecified atom stereocenters. The predicted octanol–water partition coefficient (Wildman–Crippen LogP) is 0.324. The molecule has 0 aromatic carbocycles. The number of aliphatic hydroxyl groups is 2. The van der Waals surface area contributed by atoms with Crippen molar-refractivity contribution in [3.63, 3.8) is 0 Å². The van der Waals surface area contributed by atoms with Crippen molar-refractivity contribution in [2.24, 2.45) is 0 Å². The quantitative estimate of drug-likeness (QED) is 0.307. The molecule has 0 aliphatic carbocycles. The van der Waals surface area contributed by atoms with Crippen molar-refractivity contribution in [2.45, 2.75) is 51.4 Å². The van der Waals surface area contributed by atoms with Crippen LogP contribution in [0.2, 0.25) is 0 Å². The third-order valence-electron chi connectivity index (χ3n) is 2.95. The van der Waals surface area contributed by atoms with Gasteiger partial charge in [0.25, 0.3) is 0 Å². The van der Waals surface area contributed by atoms with Gasteiger partial charge < -0.3 is 20.8 Å². The average Bonchev–Trinajstić information content (AvgIpc) is 2.45. The summed E-state index contributed by atoms with van der Waals surface area (Å²) in [5.41, 5.74) is 0. The van der Waals surface area contributed by atoms with Gasteiger partial charge in [0.05, 0.1) is 0 Å². The molecule has 0 aromatic rings. The number of hydrogen-bond acceptors (Lipinski definition) is 4. The van der Waals surface area contributed by atoms with E-state index in [1.54, 1.807) is 0 Å². The molecule has 0 aliphatic rings. The summed E-state index contributed by atoms with van der Waals surface area (Å²) < 4.78 is 0. The Labute approximate surface area is 120 Å². The Kier molecular flexibility index (Phi) is 13.5. The fourth-order valence-corrected chi connectivity index (χ4v) is 1.75. The van der Waals surface area contributed by atoms with Crippen molar-refractivity contribution >= 4 is 11.8 Å². The van der Waals surface area contributed by atoms with Crippen LogP contribution in [0.15, 0.2) is 0 Å². The second-order valence-corrected chi connectivity index (χ2v) is 4.79. The molecule has 0 aromatic heterocycles. The number of aliphatic hydroxyl groups excluding tert-OH is 2. The van der Waals surface area contributed by atoms with Crippen LogP contribution >= 0.6 is 0 Å². The molecule has 0 bridgehead atoms. The maximum Gasteiger partial charge on any atom is 0.309 e. The second kappa shape index (κ2) is 14.3. The molecule has 118 valence electrons. The maximum absolute atomic E-state index is 11.4. The van der Waals surface area contributed by atoms with Gasteiger partial charge in [0, 0.05) is 26.3 Å². The lowest BCUT2D eigenvalue weighted by Gasteiger charge is -2.06. The van der Waals surface area contributed by atoms with Gasteiger partial charge in [-0.3, -0.25) is 9.59 Å². The highest BCUT2D eigenvalue weighted by Crippen LogP contribution is 1.98. The molecule has 0 spiro atoms. The minimum atomic E-state index is -0.581. The van der Waals surface area contributed by atoms with E-state index < -0.39 is 11.8 Å². The first-order chi connectivity index (χ1) is 9.72. The SMILES string of the molecule is O=C(NCCCCCCO)C(=O)NCCCCCCO. The van der Waals surface area contributed by atoms with E-state index in [4.69, 9.17) is 10.2 Å². The molecular weight excluding hydrogens is 260 g/mol. The van der Waals surface area contributed by atoms with E-state index in [0.717, 1.165) is 51.4 Å². The summed E-state index contributed by atoms with van der Waals surface area (Å²) in [5, 5.41) is 22.3. The summed E-state index contributed by atoms with van der Waals surface area (Å²) in [6.45, 7) is 1.39. The van der Waals surface area contributed by atoms with E-state index in [1.165, 1.54) is 0 Å². The Morgan fingerprint density at radius 1 is 0.600 bits per heavy atom. The molecule has 0 rings (SSSR count). The smallest absolute Gasteiger partial charge is 0.309 e. The van der Waals surface area contributed by atoms with Crippen LogP contribution in [-0.4, -0.2) is 48.3 Å². The van der Waals surface area contributed by atoms with Gasteiger partial charge in [0.15, 0.2) is 0 Å². The zero-order valence-corrected chi connectivity index (χ0v) is 12.2. The molecule has 0 radical (unpaired) electrons. The molecule has 20 heavy (non-hydrogen) atoms. The molecule has 0 aliphatic heterocycles. The number of nitrogens with one attached hydrogen (secondary N) is 2. The molecule has 6 nitrogen and oxygen atoms in total. The second-order valence-electron chi connectivity index (χ2n) is 4.79. The molecule has 0 fully saturated rings. The van der Waals surface area contributed by atoms with Crippen LogP contribution < -0.4 is 10.6 Å². The molecular formula is C14H28N2O4. The number of unbranched alkanes of at least 4 members (excludes halogenated alkanes) is 6. The van der Waals surface area contributed by atoms with Crippen LogP contribution in [-0.2, 0) is 9.59 Å². The van der Waals surface area contributed by atoms with E-state index in [9.17, 15) is 9.59 Å².